The molecule has 0 atom stereocenters. The predicted molar refractivity (Wildman–Crippen MR) is 129 cm³/mol. The predicted octanol–water partition coefficient (Wildman–Crippen LogP) is 5.32. The fraction of sp³-hybridized carbons (Fsp3) is 0.615. The lowest BCUT2D eigenvalue weighted by molar-refractivity contribution is -0.123. The number of aliphatic hydroxyl groups is 1. The summed E-state index contributed by atoms with van der Waals surface area (Å²) in [4.78, 5) is 29.5. The Morgan fingerprint density at radius 1 is 1.16 bits per heavy atom. The van der Waals surface area contributed by atoms with Crippen LogP contribution in [0.25, 0.3) is 0 Å². The number of hydrogen-bond acceptors (Lipinski definition) is 5. The Bertz CT molecular complexity index is 912. The highest BCUT2D eigenvalue weighted by Crippen LogP contribution is 2.38. The van der Waals surface area contributed by atoms with Crippen molar-refractivity contribution in [2.75, 3.05) is 12.0 Å². The summed E-state index contributed by atoms with van der Waals surface area (Å²) < 4.78 is 5.06. The number of methoxy groups -OCH3 is 1. The average molecular weight is 458 g/mol. The molecule has 2 aliphatic rings. The van der Waals surface area contributed by atoms with Crippen molar-refractivity contribution in [1.82, 2.24) is 0 Å². The highest BCUT2D eigenvalue weighted by Gasteiger charge is 2.37. The highest BCUT2D eigenvalue weighted by molar-refractivity contribution is 7.15. The van der Waals surface area contributed by atoms with E-state index in [1.165, 1.54) is 24.0 Å². The van der Waals surface area contributed by atoms with E-state index in [0.717, 1.165) is 30.6 Å². The number of thiophene rings is 1. The number of hydrogen-bond donors (Lipinski definition) is 1. The van der Waals surface area contributed by atoms with Gasteiger partial charge in [-0.15, -0.1) is 11.3 Å². The summed E-state index contributed by atoms with van der Waals surface area (Å²) in [6.45, 7) is 10.2. The Morgan fingerprint density at radius 3 is 2.34 bits per heavy atom. The van der Waals surface area contributed by atoms with Crippen LogP contribution in [0.2, 0.25) is 0 Å². The molecular weight excluding hydrogens is 422 g/mol. The van der Waals surface area contributed by atoms with E-state index in [2.05, 4.69) is 18.4 Å². The number of anilines is 1. The van der Waals surface area contributed by atoms with E-state index in [4.69, 9.17) is 4.74 Å². The molecule has 6 heteroatoms. The van der Waals surface area contributed by atoms with E-state index >= 15 is 0 Å². The second-order valence-electron chi connectivity index (χ2n) is 10.0. The third-order valence-electron chi connectivity index (χ3n) is 6.21. The van der Waals surface area contributed by atoms with Crippen LogP contribution in [0.3, 0.4) is 0 Å². The average Bonchev–Trinajstić information content (AvgIpc) is 3.17. The van der Waals surface area contributed by atoms with Gasteiger partial charge in [-0.05, 0) is 78.2 Å². The summed E-state index contributed by atoms with van der Waals surface area (Å²) in [5.74, 6) is 5.94. The van der Waals surface area contributed by atoms with Gasteiger partial charge in [-0.1, -0.05) is 24.0 Å². The molecule has 1 N–H and O–H groups in total. The Balaban J connectivity index is 2.03. The Kier molecular flexibility index (Phi) is 7.84. The lowest BCUT2D eigenvalue weighted by atomic mass is 9.84. The first-order valence-corrected chi connectivity index (χ1v) is 12.3. The van der Waals surface area contributed by atoms with Crippen LogP contribution in [0.15, 0.2) is 18.2 Å². The van der Waals surface area contributed by atoms with Crippen molar-refractivity contribution in [2.24, 2.45) is 11.3 Å². The molecule has 0 aliphatic heterocycles. The van der Waals surface area contributed by atoms with Crippen LogP contribution in [0, 0.1) is 23.2 Å². The van der Waals surface area contributed by atoms with Crippen LogP contribution in [0.1, 0.15) is 86.7 Å². The van der Waals surface area contributed by atoms with Crippen molar-refractivity contribution in [3.8, 4) is 11.8 Å². The molecule has 2 saturated carbocycles. The first kappa shape index (κ1) is 24.5. The van der Waals surface area contributed by atoms with Crippen LogP contribution in [0.4, 0.5) is 5.69 Å². The van der Waals surface area contributed by atoms with Gasteiger partial charge in [0.25, 0.3) is 0 Å². The molecule has 5 nitrogen and oxygen atoms in total. The number of esters is 1. The number of nitrogens with zero attached hydrogens (tertiary/aromatic N) is 1. The molecule has 2 aliphatic carbocycles. The third kappa shape index (κ3) is 6.02. The van der Waals surface area contributed by atoms with Crippen molar-refractivity contribution in [1.29, 1.82) is 0 Å². The van der Waals surface area contributed by atoms with E-state index in [1.54, 1.807) is 0 Å². The number of carbonyl (C=O) groups excluding carboxylic acids is 2. The third-order valence-corrected chi connectivity index (χ3v) is 7.23. The summed E-state index contributed by atoms with van der Waals surface area (Å²) in [6, 6.07) is 1.83. The molecule has 2 fully saturated rings. The number of carbonyl (C=O) groups is 2. The Hall–Kier alpha value is -2.10. The molecule has 0 aromatic carbocycles. The molecule has 1 aromatic rings. The summed E-state index contributed by atoms with van der Waals surface area (Å²) in [6.07, 6.45) is 5.73. The van der Waals surface area contributed by atoms with E-state index in [9.17, 15) is 14.7 Å². The van der Waals surface area contributed by atoms with Crippen molar-refractivity contribution < 1.29 is 19.4 Å². The van der Waals surface area contributed by atoms with Gasteiger partial charge >= 0.3 is 5.97 Å². The second-order valence-corrected chi connectivity index (χ2v) is 11.1. The largest absolute Gasteiger partial charge is 0.465 e. The number of ether oxygens (including phenoxy) is 1. The molecular formula is C26H35NO4S. The summed E-state index contributed by atoms with van der Waals surface area (Å²) >= 11 is 1.28. The number of amides is 1. The standard InChI is InChI=1S/C26H35NO4S/c1-17-6-8-18(9-7-17)24(29)27(19-10-12-20(28)13-11-19)22-16-21(14-15-26(2,3)4)32-23(22)25(30)31-5/h16,18-20,28H,1,6-13H2,2-5H3/t19-,20-. The molecule has 1 amide bonds. The molecule has 3 rings (SSSR count). The fourth-order valence-corrected chi connectivity index (χ4v) is 5.31. The smallest absolute Gasteiger partial charge is 0.350 e. The molecule has 0 saturated heterocycles. The van der Waals surface area contributed by atoms with E-state index in [-0.39, 0.29) is 29.4 Å². The van der Waals surface area contributed by atoms with Crippen molar-refractivity contribution >= 4 is 28.9 Å². The van der Waals surface area contributed by atoms with E-state index in [0.29, 0.717) is 36.2 Å². The first-order valence-electron chi connectivity index (χ1n) is 11.5. The van der Waals surface area contributed by atoms with Crippen LogP contribution in [0.5, 0.6) is 0 Å². The Morgan fingerprint density at radius 2 is 1.78 bits per heavy atom. The van der Waals surface area contributed by atoms with Gasteiger partial charge < -0.3 is 14.7 Å². The molecule has 0 radical (unpaired) electrons. The van der Waals surface area contributed by atoms with Gasteiger partial charge in [-0.2, -0.15) is 0 Å². The first-order chi connectivity index (χ1) is 15.1. The molecule has 1 heterocycles. The normalized spacial score (nSPS) is 22.1. The molecule has 0 spiro atoms. The topological polar surface area (TPSA) is 66.8 Å². The van der Waals surface area contributed by atoms with Gasteiger partial charge in [0.1, 0.15) is 4.88 Å². The van der Waals surface area contributed by atoms with Crippen LogP contribution in [-0.4, -0.2) is 36.2 Å². The minimum Gasteiger partial charge on any atom is -0.465 e. The molecule has 0 bridgehead atoms. The van der Waals surface area contributed by atoms with Crippen LogP contribution in [-0.2, 0) is 9.53 Å². The van der Waals surface area contributed by atoms with Crippen molar-refractivity contribution in [2.45, 2.75) is 84.3 Å². The lowest BCUT2D eigenvalue weighted by Gasteiger charge is -2.38. The summed E-state index contributed by atoms with van der Waals surface area (Å²) in [5, 5.41) is 10.0. The second kappa shape index (κ2) is 10.2. The lowest BCUT2D eigenvalue weighted by Crippen LogP contribution is -2.46. The zero-order chi connectivity index (χ0) is 23.5. The zero-order valence-electron chi connectivity index (χ0n) is 19.7. The maximum Gasteiger partial charge on any atom is 0.350 e. The molecule has 174 valence electrons. The number of aliphatic hydroxyl groups excluding tert-OH is 1. The van der Waals surface area contributed by atoms with Gasteiger partial charge in [-0.3, -0.25) is 4.79 Å². The van der Waals surface area contributed by atoms with Gasteiger partial charge in [0.05, 0.1) is 23.8 Å². The van der Waals surface area contributed by atoms with E-state index in [1.807, 2.05) is 31.7 Å². The quantitative estimate of drug-likeness (QED) is 0.378. The van der Waals surface area contributed by atoms with E-state index < -0.39 is 5.97 Å². The van der Waals surface area contributed by atoms with Crippen LogP contribution >= 0.6 is 11.3 Å². The van der Waals surface area contributed by atoms with Gasteiger partial charge in [-0.25, -0.2) is 4.79 Å². The monoisotopic (exact) mass is 457 g/mol. The van der Waals surface area contributed by atoms with Crippen molar-refractivity contribution in [3.05, 3.63) is 28.0 Å². The van der Waals surface area contributed by atoms with Crippen LogP contribution < -0.4 is 4.90 Å². The zero-order valence-corrected chi connectivity index (χ0v) is 20.5. The minimum atomic E-state index is -0.445. The van der Waals surface area contributed by atoms with Gasteiger partial charge in [0.15, 0.2) is 0 Å². The fourth-order valence-electron chi connectivity index (χ4n) is 4.39. The maximum absolute atomic E-state index is 13.8. The van der Waals surface area contributed by atoms with Crippen molar-refractivity contribution in [3.63, 3.8) is 0 Å². The van der Waals surface area contributed by atoms with Gasteiger partial charge in [0, 0.05) is 17.4 Å². The summed E-state index contributed by atoms with van der Waals surface area (Å²) in [5.41, 5.74) is 1.64. The molecule has 32 heavy (non-hydrogen) atoms. The number of allylic oxidation sites excluding steroid dienone is 1. The molecule has 1 aromatic heterocycles. The Labute approximate surface area is 195 Å². The SMILES string of the molecule is C=C1CCC(C(=O)N(c2cc(C#CC(C)(C)C)sc2C(=O)OC)[C@H]2CC[C@H](O)CC2)CC1. The maximum atomic E-state index is 13.8. The molecule has 0 unspecified atom stereocenters. The highest BCUT2D eigenvalue weighted by atomic mass is 32.1. The number of rotatable bonds is 4. The van der Waals surface area contributed by atoms with Gasteiger partial charge in [0.2, 0.25) is 5.91 Å². The minimum absolute atomic E-state index is 0.0440. The summed E-state index contributed by atoms with van der Waals surface area (Å²) in [7, 11) is 1.36.